The van der Waals surface area contributed by atoms with Crippen molar-refractivity contribution in [1.82, 2.24) is 9.88 Å². The Kier molecular flexibility index (Phi) is 3.90. The Bertz CT molecular complexity index is 685. The number of amidine groups is 1. The van der Waals surface area contributed by atoms with Crippen LogP contribution in [0, 0.1) is 11.3 Å². The number of fused-ring (bicyclic) bond motifs is 1. The summed E-state index contributed by atoms with van der Waals surface area (Å²) in [6.07, 6.45) is 3.29. The van der Waals surface area contributed by atoms with Gasteiger partial charge in [-0.05, 0) is 30.9 Å². The summed E-state index contributed by atoms with van der Waals surface area (Å²) in [5.74, 6) is 0.891. The van der Waals surface area contributed by atoms with Gasteiger partial charge in [0, 0.05) is 37.1 Å². The third-order valence-corrected chi connectivity index (χ3v) is 5.94. The maximum atomic E-state index is 9.48. The number of pyridine rings is 1. The molecule has 0 saturated carbocycles. The van der Waals surface area contributed by atoms with Gasteiger partial charge in [-0.25, -0.2) is 4.98 Å². The van der Waals surface area contributed by atoms with Gasteiger partial charge in [0.25, 0.3) is 0 Å². The van der Waals surface area contributed by atoms with Gasteiger partial charge >= 0.3 is 0 Å². The van der Waals surface area contributed by atoms with E-state index in [0.29, 0.717) is 5.25 Å². The molecule has 4 rings (SSSR count). The topological polar surface area (TPSA) is 55.5 Å². The molecule has 1 aromatic heterocycles. The Morgan fingerprint density at radius 3 is 2.70 bits per heavy atom. The number of rotatable bonds is 1. The van der Waals surface area contributed by atoms with Crippen molar-refractivity contribution in [1.29, 1.82) is 5.26 Å². The zero-order valence-electron chi connectivity index (χ0n) is 13.5. The highest BCUT2D eigenvalue weighted by molar-refractivity contribution is 8.14. The van der Waals surface area contributed by atoms with Crippen LogP contribution in [0.1, 0.15) is 30.2 Å². The highest BCUT2D eigenvalue weighted by Crippen LogP contribution is 2.29. The van der Waals surface area contributed by atoms with Crippen molar-refractivity contribution < 1.29 is 0 Å². The summed E-state index contributed by atoms with van der Waals surface area (Å²) in [7, 11) is 0. The summed E-state index contributed by atoms with van der Waals surface area (Å²) >= 11 is 1.88. The Labute approximate surface area is 141 Å². The van der Waals surface area contributed by atoms with E-state index >= 15 is 0 Å². The van der Waals surface area contributed by atoms with Gasteiger partial charge in [0.1, 0.15) is 11.9 Å². The molecule has 0 amide bonds. The molecule has 3 heterocycles. The van der Waals surface area contributed by atoms with Gasteiger partial charge in [0.15, 0.2) is 5.17 Å². The van der Waals surface area contributed by atoms with Gasteiger partial charge in [0.2, 0.25) is 0 Å². The first kappa shape index (κ1) is 14.8. The fourth-order valence-corrected chi connectivity index (χ4v) is 4.52. The van der Waals surface area contributed by atoms with E-state index in [0.717, 1.165) is 56.9 Å². The lowest BCUT2D eigenvalue weighted by Gasteiger charge is -2.36. The van der Waals surface area contributed by atoms with Gasteiger partial charge < -0.3 is 9.80 Å². The Hall–Kier alpha value is -1.74. The molecule has 0 aromatic carbocycles. The molecule has 0 bridgehead atoms. The molecule has 1 saturated heterocycles. The highest BCUT2D eigenvalue weighted by Gasteiger charge is 2.27. The minimum Gasteiger partial charge on any atom is -0.352 e. The molecular formula is C17H21N5S. The maximum Gasteiger partial charge on any atom is 0.159 e. The zero-order chi connectivity index (χ0) is 15.8. The van der Waals surface area contributed by atoms with Crippen LogP contribution in [-0.2, 0) is 12.8 Å². The minimum atomic E-state index is 0.603. The number of aliphatic imine (C=N–C) groups is 1. The molecule has 2 aliphatic heterocycles. The van der Waals surface area contributed by atoms with Crippen molar-refractivity contribution in [3.8, 4) is 6.07 Å². The molecule has 23 heavy (non-hydrogen) atoms. The summed E-state index contributed by atoms with van der Waals surface area (Å²) in [4.78, 5) is 14.1. The summed E-state index contributed by atoms with van der Waals surface area (Å²) in [6, 6.07) is 4.41. The van der Waals surface area contributed by atoms with Crippen LogP contribution in [0.25, 0.3) is 0 Å². The number of anilines is 1. The smallest absolute Gasteiger partial charge is 0.159 e. The molecule has 0 N–H and O–H groups in total. The summed E-state index contributed by atoms with van der Waals surface area (Å²) in [5.41, 5.74) is 3.21. The molecular weight excluding hydrogens is 306 g/mol. The standard InChI is InChI=1S/C17H21N5S/c1-12-11-19-17(23-12)22-7-5-21(6-8-22)16-14(10-18)9-13-3-2-4-15(13)20-16/h9,12H,2-8,11H2,1H3. The monoisotopic (exact) mass is 327 g/mol. The molecule has 5 nitrogen and oxygen atoms in total. The SMILES string of the molecule is CC1CN=C(N2CCN(c3nc4c(cc3C#N)CCC4)CC2)S1. The number of thioether (sulfide) groups is 1. The van der Waals surface area contributed by atoms with E-state index in [9.17, 15) is 5.26 Å². The Balaban J connectivity index is 1.49. The van der Waals surface area contributed by atoms with Crippen LogP contribution in [-0.4, -0.2) is 53.0 Å². The van der Waals surface area contributed by atoms with Crippen LogP contribution >= 0.6 is 11.8 Å². The van der Waals surface area contributed by atoms with E-state index in [-0.39, 0.29) is 0 Å². The first-order valence-corrected chi connectivity index (χ1v) is 9.26. The summed E-state index contributed by atoms with van der Waals surface area (Å²) in [5, 5.41) is 11.3. The number of aromatic nitrogens is 1. The van der Waals surface area contributed by atoms with Crippen LogP contribution in [0.3, 0.4) is 0 Å². The predicted octanol–water partition coefficient (Wildman–Crippen LogP) is 2.06. The van der Waals surface area contributed by atoms with Gasteiger partial charge in [-0.1, -0.05) is 18.7 Å². The maximum absolute atomic E-state index is 9.48. The molecule has 0 radical (unpaired) electrons. The second-order valence-electron chi connectivity index (χ2n) is 6.46. The van der Waals surface area contributed by atoms with Crippen LogP contribution < -0.4 is 4.90 Å². The lowest BCUT2D eigenvalue weighted by Crippen LogP contribution is -2.48. The van der Waals surface area contributed by atoms with Crippen LogP contribution in [0.4, 0.5) is 5.82 Å². The fraction of sp³-hybridized carbons (Fsp3) is 0.588. The third-order valence-electron chi connectivity index (χ3n) is 4.79. The third kappa shape index (κ3) is 2.78. The number of nitriles is 1. The Morgan fingerprint density at radius 1 is 1.22 bits per heavy atom. The molecule has 6 heteroatoms. The number of hydrogen-bond acceptors (Lipinski definition) is 6. The average Bonchev–Trinajstić information content (AvgIpc) is 3.22. The molecule has 120 valence electrons. The molecule has 3 aliphatic rings. The second kappa shape index (κ2) is 6.04. The number of hydrogen-bond donors (Lipinski definition) is 0. The average molecular weight is 327 g/mol. The van der Waals surface area contributed by atoms with E-state index in [4.69, 9.17) is 4.98 Å². The number of piperazine rings is 1. The quantitative estimate of drug-likeness (QED) is 0.790. The van der Waals surface area contributed by atoms with E-state index in [1.165, 1.54) is 22.8 Å². The first-order chi connectivity index (χ1) is 11.2. The lowest BCUT2D eigenvalue weighted by molar-refractivity contribution is 0.390. The number of nitrogens with zero attached hydrogens (tertiary/aromatic N) is 5. The number of aryl methyl sites for hydroxylation is 2. The van der Waals surface area contributed by atoms with Gasteiger partial charge in [-0.2, -0.15) is 5.26 Å². The summed E-state index contributed by atoms with van der Waals surface area (Å²) < 4.78 is 0. The van der Waals surface area contributed by atoms with Crippen molar-refractivity contribution in [2.75, 3.05) is 37.6 Å². The second-order valence-corrected chi connectivity index (χ2v) is 7.86. The largest absolute Gasteiger partial charge is 0.352 e. The molecule has 1 aromatic rings. The summed E-state index contributed by atoms with van der Waals surface area (Å²) in [6.45, 7) is 6.91. The van der Waals surface area contributed by atoms with E-state index in [1.54, 1.807) is 0 Å². The lowest BCUT2D eigenvalue weighted by atomic mass is 10.1. The van der Waals surface area contributed by atoms with Crippen molar-refractivity contribution in [2.24, 2.45) is 4.99 Å². The molecule has 1 unspecified atom stereocenters. The molecule has 1 atom stereocenters. The van der Waals surface area contributed by atoms with E-state index in [1.807, 2.05) is 11.8 Å². The van der Waals surface area contributed by atoms with Crippen molar-refractivity contribution in [3.63, 3.8) is 0 Å². The van der Waals surface area contributed by atoms with Crippen molar-refractivity contribution in [3.05, 3.63) is 22.9 Å². The van der Waals surface area contributed by atoms with Gasteiger partial charge in [-0.15, -0.1) is 0 Å². The van der Waals surface area contributed by atoms with Crippen molar-refractivity contribution >= 4 is 22.7 Å². The normalized spacial score (nSPS) is 23.7. The molecule has 0 spiro atoms. The van der Waals surface area contributed by atoms with Crippen LogP contribution in [0.2, 0.25) is 0 Å². The Morgan fingerprint density at radius 2 is 2.00 bits per heavy atom. The highest BCUT2D eigenvalue weighted by atomic mass is 32.2. The van der Waals surface area contributed by atoms with Gasteiger partial charge in [-0.3, -0.25) is 4.99 Å². The zero-order valence-corrected chi connectivity index (χ0v) is 14.3. The van der Waals surface area contributed by atoms with E-state index in [2.05, 4.69) is 33.9 Å². The first-order valence-electron chi connectivity index (χ1n) is 8.38. The molecule has 1 fully saturated rings. The predicted molar refractivity (Wildman–Crippen MR) is 94.1 cm³/mol. The molecule has 1 aliphatic carbocycles. The van der Waals surface area contributed by atoms with Gasteiger partial charge in [0.05, 0.1) is 12.1 Å². The minimum absolute atomic E-state index is 0.603. The fourth-order valence-electron chi connectivity index (χ4n) is 3.53. The van der Waals surface area contributed by atoms with E-state index < -0.39 is 0 Å². The van der Waals surface area contributed by atoms with Crippen LogP contribution in [0.5, 0.6) is 0 Å². The van der Waals surface area contributed by atoms with Crippen molar-refractivity contribution in [2.45, 2.75) is 31.4 Å². The van der Waals surface area contributed by atoms with Crippen LogP contribution in [0.15, 0.2) is 11.1 Å².